The molecule has 4 N–H and O–H groups in total. The summed E-state index contributed by atoms with van der Waals surface area (Å²) >= 11 is 5.74. The molecule has 74 valence electrons. The fourth-order valence-electron chi connectivity index (χ4n) is 0.921. The van der Waals surface area contributed by atoms with Crippen LogP contribution in [0.15, 0.2) is 35.3 Å². The van der Waals surface area contributed by atoms with Crippen LogP contribution < -0.4 is 11.5 Å². The van der Waals surface area contributed by atoms with Gasteiger partial charge < -0.3 is 11.5 Å². The summed E-state index contributed by atoms with van der Waals surface area (Å²) in [6.07, 6.45) is 3.81. The third-order valence-electron chi connectivity index (χ3n) is 1.56. The lowest BCUT2D eigenvalue weighted by atomic mass is 10.2. The molecule has 0 radical (unpaired) electrons. The molecule has 0 bridgehead atoms. The van der Waals surface area contributed by atoms with Gasteiger partial charge in [0, 0.05) is 5.02 Å². The Morgan fingerprint density at radius 3 is 2.50 bits per heavy atom. The van der Waals surface area contributed by atoms with E-state index in [9.17, 15) is 0 Å². The van der Waals surface area contributed by atoms with E-state index in [1.165, 1.54) is 0 Å². The fraction of sp³-hybridized carbons (Fsp3) is 0.100. The van der Waals surface area contributed by atoms with Gasteiger partial charge in [0.25, 0.3) is 0 Å². The molecule has 0 aliphatic carbocycles. The number of benzene rings is 1. The molecule has 0 unspecified atom stereocenters. The van der Waals surface area contributed by atoms with Gasteiger partial charge in [-0.05, 0) is 17.7 Å². The lowest BCUT2D eigenvalue weighted by molar-refractivity contribution is 1.22. The SMILES string of the molecule is NC(N)=NCC=Cc1ccc(Cl)cc1. The highest BCUT2D eigenvalue weighted by Gasteiger charge is 1.86. The quantitative estimate of drug-likeness (QED) is 0.587. The zero-order chi connectivity index (χ0) is 10.4. The van der Waals surface area contributed by atoms with Crippen LogP contribution in [-0.2, 0) is 0 Å². The second kappa shape index (κ2) is 5.29. The number of rotatable bonds is 3. The summed E-state index contributed by atoms with van der Waals surface area (Å²) in [4.78, 5) is 3.82. The third kappa shape index (κ3) is 3.96. The second-order valence-electron chi connectivity index (χ2n) is 2.72. The maximum Gasteiger partial charge on any atom is 0.186 e. The van der Waals surface area contributed by atoms with Crippen molar-refractivity contribution in [2.24, 2.45) is 16.5 Å². The molecule has 0 spiro atoms. The Kier molecular flexibility index (Phi) is 4.01. The Balaban J connectivity index is 2.52. The molecule has 0 saturated heterocycles. The molecule has 1 aromatic carbocycles. The highest BCUT2D eigenvalue weighted by Crippen LogP contribution is 2.10. The predicted octanol–water partition coefficient (Wildman–Crippen LogP) is 1.63. The van der Waals surface area contributed by atoms with Crippen molar-refractivity contribution in [3.05, 3.63) is 40.9 Å². The molecule has 3 nitrogen and oxygen atoms in total. The number of hydrogen-bond donors (Lipinski definition) is 2. The number of halogens is 1. The highest BCUT2D eigenvalue weighted by atomic mass is 35.5. The van der Waals surface area contributed by atoms with Crippen molar-refractivity contribution in [1.82, 2.24) is 0 Å². The van der Waals surface area contributed by atoms with Crippen LogP contribution in [0.3, 0.4) is 0 Å². The molecule has 0 atom stereocenters. The summed E-state index contributed by atoms with van der Waals surface area (Å²) in [6, 6.07) is 7.52. The topological polar surface area (TPSA) is 64.4 Å². The van der Waals surface area contributed by atoms with E-state index >= 15 is 0 Å². The Labute approximate surface area is 88.1 Å². The molecular weight excluding hydrogens is 198 g/mol. The van der Waals surface area contributed by atoms with Crippen molar-refractivity contribution < 1.29 is 0 Å². The number of nitrogens with zero attached hydrogens (tertiary/aromatic N) is 1. The average Bonchev–Trinajstić information content (AvgIpc) is 2.15. The summed E-state index contributed by atoms with van der Waals surface area (Å²) in [7, 11) is 0. The largest absolute Gasteiger partial charge is 0.370 e. The first-order valence-corrected chi connectivity index (χ1v) is 4.54. The average molecular weight is 210 g/mol. The molecule has 0 aliphatic rings. The third-order valence-corrected chi connectivity index (χ3v) is 1.81. The standard InChI is InChI=1S/C10H12ClN3/c11-9-5-3-8(4-6-9)2-1-7-14-10(12)13/h1-6H,7H2,(H4,12,13,14). The molecule has 4 heteroatoms. The van der Waals surface area contributed by atoms with Crippen LogP contribution in [0.25, 0.3) is 6.08 Å². The molecule has 0 heterocycles. The predicted molar refractivity (Wildman–Crippen MR) is 61.2 cm³/mol. The minimum absolute atomic E-state index is 0.103. The lowest BCUT2D eigenvalue weighted by Gasteiger charge is -1.92. The van der Waals surface area contributed by atoms with Gasteiger partial charge in [0.1, 0.15) is 0 Å². The summed E-state index contributed by atoms with van der Waals surface area (Å²) in [5.41, 5.74) is 11.4. The molecule has 1 aromatic rings. The van der Waals surface area contributed by atoms with Crippen LogP contribution in [0.5, 0.6) is 0 Å². The van der Waals surface area contributed by atoms with Gasteiger partial charge in [-0.3, -0.25) is 0 Å². The van der Waals surface area contributed by atoms with Gasteiger partial charge in [0.2, 0.25) is 0 Å². The first kappa shape index (κ1) is 10.6. The van der Waals surface area contributed by atoms with Crippen LogP contribution in [0, 0.1) is 0 Å². The van der Waals surface area contributed by atoms with Crippen LogP contribution in [-0.4, -0.2) is 12.5 Å². The number of guanidine groups is 1. The Morgan fingerprint density at radius 1 is 1.29 bits per heavy atom. The summed E-state index contributed by atoms with van der Waals surface area (Å²) in [5, 5.41) is 0.728. The number of aliphatic imine (C=N–C) groups is 1. The lowest BCUT2D eigenvalue weighted by Crippen LogP contribution is -2.22. The molecular formula is C10H12ClN3. The molecule has 0 amide bonds. The van der Waals surface area contributed by atoms with Gasteiger partial charge in [-0.1, -0.05) is 35.9 Å². The van der Waals surface area contributed by atoms with E-state index in [1.54, 1.807) is 0 Å². The second-order valence-corrected chi connectivity index (χ2v) is 3.16. The smallest absolute Gasteiger partial charge is 0.186 e. The van der Waals surface area contributed by atoms with Crippen molar-refractivity contribution in [2.75, 3.05) is 6.54 Å². The monoisotopic (exact) mass is 209 g/mol. The van der Waals surface area contributed by atoms with E-state index in [4.69, 9.17) is 23.1 Å². The van der Waals surface area contributed by atoms with Crippen molar-refractivity contribution in [2.45, 2.75) is 0 Å². The fourth-order valence-corrected chi connectivity index (χ4v) is 1.05. The molecule has 0 aromatic heterocycles. The zero-order valence-electron chi connectivity index (χ0n) is 7.65. The van der Waals surface area contributed by atoms with Crippen molar-refractivity contribution >= 4 is 23.6 Å². The Bertz CT molecular complexity index is 337. The van der Waals surface area contributed by atoms with Gasteiger partial charge in [-0.25, -0.2) is 4.99 Å². The summed E-state index contributed by atoms with van der Waals surface area (Å²) in [6.45, 7) is 0.491. The van der Waals surface area contributed by atoms with Crippen molar-refractivity contribution in [3.63, 3.8) is 0 Å². The Hall–Kier alpha value is -1.48. The molecule has 1 rings (SSSR count). The molecule has 0 fully saturated rings. The van der Waals surface area contributed by atoms with E-state index in [0.29, 0.717) is 6.54 Å². The van der Waals surface area contributed by atoms with E-state index in [-0.39, 0.29) is 5.96 Å². The minimum Gasteiger partial charge on any atom is -0.370 e. The van der Waals surface area contributed by atoms with Crippen molar-refractivity contribution in [1.29, 1.82) is 0 Å². The van der Waals surface area contributed by atoms with Crippen LogP contribution in [0.4, 0.5) is 0 Å². The highest BCUT2D eigenvalue weighted by molar-refractivity contribution is 6.30. The number of hydrogen-bond acceptors (Lipinski definition) is 1. The van der Waals surface area contributed by atoms with Gasteiger partial charge in [-0.15, -0.1) is 0 Å². The molecule has 14 heavy (non-hydrogen) atoms. The van der Waals surface area contributed by atoms with E-state index in [1.807, 2.05) is 36.4 Å². The van der Waals surface area contributed by atoms with Gasteiger partial charge in [0.15, 0.2) is 5.96 Å². The van der Waals surface area contributed by atoms with Crippen LogP contribution >= 0.6 is 11.6 Å². The van der Waals surface area contributed by atoms with Gasteiger partial charge in [0.05, 0.1) is 6.54 Å². The maximum atomic E-state index is 5.74. The first-order valence-electron chi connectivity index (χ1n) is 4.16. The minimum atomic E-state index is 0.103. The van der Waals surface area contributed by atoms with E-state index in [0.717, 1.165) is 10.6 Å². The number of nitrogens with two attached hydrogens (primary N) is 2. The van der Waals surface area contributed by atoms with E-state index in [2.05, 4.69) is 4.99 Å². The van der Waals surface area contributed by atoms with Gasteiger partial charge >= 0.3 is 0 Å². The summed E-state index contributed by atoms with van der Waals surface area (Å²) in [5.74, 6) is 0.103. The summed E-state index contributed by atoms with van der Waals surface area (Å²) < 4.78 is 0. The normalized spacial score (nSPS) is 10.4. The van der Waals surface area contributed by atoms with Crippen LogP contribution in [0.2, 0.25) is 5.02 Å². The molecule has 0 saturated carbocycles. The first-order chi connectivity index (χ1) is 6.68. The van der Waals surface area contributed by atoms with Gasteiger partial charge in [-0.2, -0.15) is 0 Å². The van der Waals surface area contributed by atoms with Crippen molar-refractivity contribution in [3.8, 4) is 0 Å². The zero-order valence-corrected chi connectivity index (χ0v) is 8.41. The van der Waals surface area contributed by atoms with E-state index < -0.39 is 0 Å². The molecule has 0 aliphatic heterocycles. The van der Waals surface area contributed by atoms with Crippen LogP contribution in [0.1, 0.15) is 5.56 Å². The Morgan fingerprint density at radius 2 is 1.93 bits per heavy atom. The maximum absolute atomic E-state index is 5.74.